The van der Waals surface area contributed by atoms with Crippen LogP contribution in [-0.4, -0.2) is 38.5 Å². The van der Waals surface area contributed by atoms with E-state index in [9.17, 15) is 0 Å². The van der Waals surface area contributed by atoms with Gasteiger partial charge in [-0.1, -0.05) is 10.2 Å². The predicted molar refractivity (Wildman–Crippen MR) is 61.4 cm³/mol. The predicted octanol–water partition coefficient (Wildman–Crippen LogP) is 2.56. The highest BCUT2D eigenvalue weighted by molar-refractivity contribution is 4.92. The molecule has 0 spiro atoms. The van der Waals surface area contributed by atoms with Gasteiger partial charge in [-0.25, -0.2) is 0 Å². The summed E-state index contributed by atoms with van der Waals surface area (Å²) in [4.78, 5) is 5.24. The summed E-state index contributed by atoms with van der Waals surface area (Å²) in [6, 6.07) is 0. The van der Waals surface area contributed by atoms with Crippen LogP contribution in [0.3, 0.4) is 0 Å². The fraction of sp³-hybridized carbons (Fsp3) is 1.00. The largest absolute Gasteiger partial charge is 0.381 e. The minimum Gasteiger partial charge on any atom is -0.381 e. The maximum Gasteiger partial charge on any atom is 0.0816 e. The van der Waals surface area contributed by atoms with E-state index in [0.29, 0.717) is 6.61 Å². The van der Waals surface area contributed by atoms with Gasteiger partial charge in [0.25, 0.3) is 0 Å². The van der Waals surface area contributed by atoms with E-state index in [2.05, 4.69) is 20.1 Å². The van der Waals surface area contributed by atoms with Crippen molar-refractivity contribution in [2.24, 2.45) is 10.2 Å². The smallest absolute Gasteiger partial charge is 0.0816 e. The van der Waals surface area contributed by atoms with E-state index in [0.717, 1.165) is 19.6 Å². The van der Waals surface area contributed by atoms with Gasteiger partial charge in [-0.3, -0.25) is 0 Å². The maximum absolute atomic E-state index is 8.07. The molecule has 2 fully saturated rings. The number of ether oxygens (including phenoxy) is 2. The minimum atomic E-state index is -0.515. The van der Waals surface area contributed by atoms with Crippen LogP contribution in [0, 0.1) is 0 Å². The SMILES string of the molecule is C1CCOC1.[N-]=[N+]=NCC1(CN=[N+]=[N-])CCO1. The normalized spacial score (nSPS) is 25.6. The summed E-state index contributed by atoms with van der Waals surface area (Å²) in [5.41, 5.74) is 15.6. The van der Waals surface area contributed by atoms with E-state index in [4.69, 9.17) is 20.5 Å². The molecule has 8 heteroatoms. The van der Waals surface area contributed by atoms with Crippen LogP contribution in [0.1, 0.15) is 19.3 Å². The quantitative estimate of drug-likeness (QED) is 0.426. The molecule has 2 saturated heterocycles. The van der Waals surface area contributed by atoms with E-state index in [1.807, 2.05) is 0 Å². The van der Waals surface area contributed by atoms with Gasteiger partial charge in [0.05, 0.1) is 25.3 Å². The Labute approximate surface area is 99.1 Å². The zero-order valence-electron chi connectivity index (χ0n) is 9.66. The summed E-state index contributed by atoms with van der Waals surface area (Å²) in [6.45, 7) is 3.12. The molecule has 0 amide bonds. The van der Waals surface area contributed by atoms with Crippen LogP contribution >= 0.6 is 0 Å². The third-order valence-electron chi connectivity index (χ3n) is 2.64. The van der Waals surface area contributed by atoms with Crippen molar-refractivity contribution in [3.63, 3.8) is 0 Å². The van der Waals surface area contributed by atoms with Gasteiger partial charge < -0.3 is 9.47 Å². The van der Waals surface area contributed by atoms with Crippen molar-refractivity contribution in [2.45, 2.75) is 24.9 Å². The fourth-order valence-corrected chi connectivity index (χ4v) is 1.52. The Morgan fingerprint density at radius 3 is 1.76 bits per heavy atom. The molecule has 94 valence electrons. The standard InChI is InChI=1S/C5H8N6O.C4H8O/c6-10-8-3-5(1-2-12-5)4-9-11-7;1-2-4-5-3-1/h1-4H2;1-4H2. The highest BCUT2D eigenvalue weighted by atomic mass is 16.5. The second-order valence-corrected chi connectivity index (χ2v) is 3.88. The molecule has 2 aliphatic rings. The fourth-order valence-electron chi connectivity index (χ4n) is 1.52. The molecule has 0 saturated carbocycles. The summed E-state index contributed by atoms with van der Waals surface area (Å²) >= 11 is 0. The molecule has 2 heterocycles. The van der Waals surface area contributed by atoms with E-state index in [1.54, 1.807) is 0 Å². The van der Waals surface area contributed by atoms with Crippen molar-refractivity contribution in [3.05, 3.63) is 20.9 Å². The summed E-state index contributed by atoms with van der Waals surface area (Å²) in [6.07, 6.45) is 3.34. The Morgan fingerprint density at radius 1 is 1.00 bits per heavy atom. The molecule has 0 atom stereocenters. The molecule has 2 aliphatic heterocycles. The van der Waals surface area contributed by atoms with Gasteiger partial charge in [0.15, 0.2) is 0 Å². The first kappa shape index (κ1) is 13.6. The molecule has 17 heavy (non-hydrogen) atoms. The van der Waals surface area contributed by atoms with Crippen molar-refractivity contribution < 1.29 is 9.47 Å². The van der Waals surface area contributed by atoms with Crippen molar-refractivity contribution in [1.29, 1.82) is 0 Å². The zero-order chi connectivity index (χ0) is 12.4. The van der Waals surface area contributed by atoms with Gasteiger partial charge in [0.1, 0.15) is 0 Å². The summed E-state index contributed by atoms with van der Waals surface area (Å²) in [7, 11) is 0. The van der Waals surface area contributed by atoms with Gasteiger partial charge in [-0.15, -0.1) is 0 Å². The van der Waals surface area contributed by atoms with E-state index in [1.165, 1.54) is 12.8 Å². The average Bonchev–Trinajstić information content (AvgIpc) is 2.86. The highest BCUT2D eigenvalue weighted by Crippen LogP contribution is 2.27. The lowest BCUT2D eigenvalue weighted by Gasteiger charge is -2.39. The van der Waals surface area contributed by atoms with Crippen LogP contribution in [0.2, 0.25) is 0 Å². The summed E-state index contributed by atoms with van der Waals surface area (Å²) < 4.78 is 10.1. The summed E-state index contributed by atoms with van der Waals surface area (Å²) in [5, 5.41) is 6.78. The van der Waals surface area contributed by atoms with Crippen LogP contribution in [0.4, 0.5) is 0 Å². The topological polar surface area (TPSA) is 116 Å². The number of nitrogens with zero attached hydrogens (tertiary/aromatic N) is 6. The molecule has 0 aromatic rings. The number of azide groups is 2. The molecule has 0 unspecified atom stereocenters. The second kappa shape index (κ2) is 7.76. The Kier molecular flexibility index (Phi) is 6.21. The van der Waals surface area contributed by atoms with Crippen molar-refractivity contribution in [2.75, 3.05) is 32.9 Å². The van der Waals surface area contributed by atoms with Crippen LogP contribution in [0.5, 0.6) is 0 Å². The highest BCUT2D eigenvalue weighted by Gasteiger charge is 2.36. The monoisotopic (exact) mass is 240 g/mol. The molecule has 8 nitrogen and oxygen atoms in total. The number of hydrogen-bond donors (Lipinski definition) is 0. The maximum atomic E-state index is 8.07. The lowest BCUT2D eigenvalue weighted by atomic mass is 9.95. The summed E-state index contributed by atoms with van der Waals surface area (Å²) in [5.74, 6) is 0. The molecular weight excluding hydrogens is 224 g/mol. The second-order valence-electron chi connectivity index (χ2n) is 3.88. The van der Waals surface area contributed by atoms with Crippen LogP contribution in [-0.2, 0) is 9.47 Å². The molecule has 0 bridgehead atoms. The van der Waals surface area contributed by atoms with Crippen molar-refractivity contribution in [1.82, 2.24) is 0 Å². The Bertz CT molecular complexity index is 284. The molecular formula is C9H16N6O2. The molecule has 0 aromatic heterocycles. The Hall–Kier alpha value is -1.46. The van der Waals surface area contributed by atoms with Gasteiger partial charge in [0, 0.05) is 29.5 Å². The van der Waals surface area contributed by atoms with Gasteiger partial charge in [-0.2, -0.15) is 0 Å². The molecule has 0 aromatic carbocycles. The number of rotatable bonds is 4. The molecule has 0 N–H and O–H groups in total. The van der Waals surface area contributed by atoms with Gasteiger partial charge >= 0.3 is 0 Å². The van der Waals surface area contributed by atoms with Crippen LogP contribution in [0.25, 0.3) is 20.9 Å². The third kappa shape index (κ3) is 4.93. The first-order valence-electron chi connectivity index (χ1n) is 5.56. The third-order valence-corrected chi connectivity index (χ3v) is 2.64. The van der Waals surface area contributed by atoms with Crippen molar-refractivity contribution in [3.8, 4) is 0 Å². The van der Waals surface area contributed by atoms with E-state index in [-0.39, 0.29) is 13.1 Å². The Balaban J connectivity index is 0.000000239. The molecule has 0 aliphatic carbocycles. The lowest BCUT2D eigenvalue weighted by molar-refractivity contribution is -0.132. The zero-order valence-corrected chi connectivity index (χ0v) is 9.66. The van der Waals surface area contributed by atoms with Crippen LogP contribution in [0.15, 0.2) is 10.2 Å². The van der Waals surface area contributed by atoms with E-state index < -0.39 is 5.60 Å². The molecule has 2 rings (SSSR count). The average molecular weight is 240 g/mol. The lowest BCUT2D eigenvalue weighted by Crippen LogP contribution is -2.48. The van der Waals surface area contributed by atoms with E-state index >= 15 is 0 Å². The van der Waals surface area contributed by atoms with Crippen molar-refractivity contribution >= 4 is 0 Å². The first-order chi connectivity index (χ1) is 8.33. The van der Waals surface area contributed by atoms with Gasteiger partial charge in [-0.05, 0) is 23.9 Å². The molecule has 0 radical (unpaired) electrons. The minimum absolute atomic E-state index is 0.239. The first-order valence-corrected chi connectivity index (χ1v) is 5.56. The van der Waals surface area contributed by atoms with Gasteiger partial charge in [0.2, 0.25) is 0 Å². The Morgan fingerprint density at radius 2 is 1.53 bits per heavy atom. The number of hydrogen-bond acceptors (Lipinski definition) is 4. The van der Waals surface area contributed by atoms with Crippen LogP contribution < -0.4 is 0 Å².